The lowest BCUT2D eigenvalue weighted by molar-refractivity contribution is -0.150. The minimum Gasteiger partial charge on any atom is -0.480 e. The lowest BCUT2D eigenvalue weighted by Crippen LogP contribution is -2.43. The number of amides is 1. The zero-order valence-corrected chi connectivity index (χ0v) is 12.4. The van der Waals surface area contributed by atoms with Crippen LogP contribution >= 0.6 is 0 Å². The topological polar surface area (TPSA) is 57.6 Å². The molecule has 2 rings (SSSR count). The van der Waals surface area contributed by atoms with E-state index in [1.807, 2.05) is 0 Å². The lowest BCUT2D eigenvalue weighted by atomic mass is 9.91. The molecule has 20 heavy (non-hydrogen) atoms. The van der Waals surface area contributed by atoms with Gasteiger partial charge in [-0.15, -0.1) is 0 Å². The van der Waals surface area contributed by atoms with E-state index >= 15 is 0 Å². The molecule has 0 bridgehead atoms. The monoisotopic (exact) mass is 281 g/mol. The number of carboxylic acid groups (broad SMARTS) is 1. The van der Waals surface area contributed by atoms with Crippen LogP contribution in [0.15, 0.2) is 0 Å². The van der Waals surface area contributed by atoms with Crippen molar-refractivity contribution in [1.82, 2.24) is 4.90 Å². The first-order chi connectivity index (χ1) is 9.70. The van der Waals surface area contributed by atoms with E-state index < -0.39 is 12.0 Å². The maximum Gasteiger partial charge on any atom is 0.326 e. The van der Waals surface area contributed by atoms with Crippen molar-refractivity contribution in [2.45, 2.75) is 76.7 Å². The highest BCUT2D eigenvalue weighted by atomic mass is 16.4. The fraction of sp³-hybridized carbons (Fsp3) is 0.875. The summed E-state index contributed by atoms with van der Waals surface area (Å²) in [7, 11) is 0. The second-order valence-electron chi connectivity index (χ2n) is 6.28. The Labute approximate surface area is 121 Å². The second-order valence-corrected chi connectivity index (χ2v) is 6.28. The molecular weight excluding hydrogens is 254 g/mol. The fourth-order valence-corrected chi connectivity index (χ4v) is 3.58. The molecule has 1 saturated carbocycles. The van der Waals surface area contributed by atoms with E-state index in [1.54, 1.807) is 4.90 Å². The summed E-state index contributed by atoms with van der Waals surface area (Å²) in [6.45, 7) is 0.631. The predicted molar refractivity (Wildman–Crippen MR) is 77.4 cm³/mol. The van der Waals surface area contributed by atoms with Crippen LogP contribution in [0.25, 0.3) is 0 Å². The Morgan fingerprint density at radius 2 is 1.35 bits per heavy atom. The quantitative estimate of drug-likeness (QED) is 0.845. The van der Waals surface area contributed by atoms with Crippen LogP contribution in [0.5, 0.6) is 0 Å². The van der Waals surface area contributed by atoms with Gasteiger partial charge in [0.1, 0.15) is 6.04 Å². The first-order valence-electron chi connectivity index (χ1n) is 8.23. The van der Waals surface area contributed by atoms with Crippen LogP contribution in [0, 0.1) is 5.92 Å². The standard InChI is InChI=1S/C16H27NO3/c18-15(17-12-8-11-14(17)16(19)20)13-9-6-4-2-1-3-5-7-10-13/h13-14H,1-12H2,(H,19,20)/t14-/m0/s1. The number of aliphatic carboxylic acids is 1. The highest BCUT2D eigenvalue weighted by Crippen LogP contribution is 2.27. The largest absolute Gasteiger partial charge is 0.480 e. The number of carbonyl (C=O) groups excluding carboxylic acids is 1. The van der Waals surface area contributed by atoms with Gasteiger partial charge < -0.3 is 10.0 Å². The van der Waals surface area contributed by atoms with Crippen molar-refractivity contribution >= 4 is 11.9 Å². The van der Waals surface area contributed by atoms with E-state index in [0.717, 1.165) is 32.1 Å². The first-order valence-corrected chi connectivity index (χ1v) is 8.23. The molecule has 4 heteroatoms. The molecule has 0 spiro atoms. The molecule has 0 radical (unpaired) electrons. The number of carbonyl (C=O) groups is 2. The number of hydrogen-bond donors (Lipinski definition) is 1. The second kappa shape index (κ2) is 7.65. The van der Waals surface area contributed by atoms with Gasteiger partial charge in [0.05, 0.1) is 0 Å². The van der Waals surface area contributed by atoms with Gasteiger partial charge in [0.15, 0.2) is 0 Å². The zero-order chi connectivity index (χ0) is 14.4. The van der Waals surface area contributed by atoms with Gasteiger partial charge in [0.25, 0.3) is 0 Å². The van der Waals surface area contributed by atoms with Gasteiger partial charge in [-0.3, -0.25) is 4.79 Å². The molecule has 1 aliphatic carbocycles. The minimum absolute atomic E-state index is 0.0630. The molecule has 2 fully saturated rings. The zero-order valence-electron chi connectivity index (χ0n) is 12.4. The van der Waals surface area contributed by atoms with Crippen LogP contribution in [0.3, 0.4) is 0 Å². The Morgan fingerprint density at radius 3 is 1.90 bits per heavy atom. The Balaban J connectivity index is 1.95. The summed E-state index contributed by atoms with van der Waals surface area (Å²) in [5.74, 6) is -0.667. The van der Waals surface area contributed by atoms with Gasteiger partial charge in [-0.05, 0) is 25.7 Å². The molecule has 0 aromatic rings. The molecule has 1 N–H and O–H groups in total. The average molecular weight is 281 g/mol. The van der Waals surface area contributed by atoms with E-state index in [-0.39, 0.29) is 11.8 Å². The molecule has 0 aromatic carbocycles. The normalized spacial score (nSPS) is 26.4. The maximum absolute atomic E-state index is 12.6. The summed E-state index contributed by atoms with van der Waals surface area (Å²) in [5, 5.41) is 9.22. The number of rotatable bonds is 2. The summed E-state index contributed by atoms with van der Waals surface area (Å²) < 4.78 is 0. The smallest absolute Gasteiger partial charge is 0.326 e. The van der Waals surface area contributed by atoms with Crippen molar-refractivity contribution in [2.24, 2.45) is 5.92 Å². The van der Waals surface area contributed by atoms with Crippen LogP contribution in [-0.2, 0) is 9.59 Å². The summed E-state index contributed by atoms with van der Waals surface area (Å²) in [6, 6.07) is -0.571. The van der Waals surface area contributed by atoms with E-state index in [1.165, 1.54) is 32.1 Å². The van der Waals surface area contributed by atoms with Crippen molar-refractivity contribution in [3.05, 3.63) is 0 Å². The van der Waals surface area contributed by atoms with Gasteiger partial charge in [-0.2, -0.15) is 0 Å². The van der Waals surface area contributed by atoms with Crippen molar-refractivity contribution in [1.29, 1.82) is 0 Å². The minimum atomic E-state index is -0.837. The number of carboxylic acids is 1. The van der Waals surface area contributed by atoms with Crippen LogP contribution in [0.2, 0.25) is 0 Å². The molecular formula is C16H27NO3. The molecule has 4 nitrogen and oxygen atoms in total. The maximum atomic E-state index is 12.6. The third-order valence-corrected chi connectivity index (χ3v) is 4.78. The van der Waals surface area contributed by atoms with E-state index in [9.17, 15) is 14.7 Å². The van der Waals surface area contributed by atoms with Crippen molar-refractivity contribution < 1.29 is 14.7 Å². The summed E-state index contributed by atoms with van der Waals surface area (Å²) >= 11 is 0. The first kappa shape index (κ1) is 15.3. The van der Waals surface area contributed by atoms with Crippen LogP contribution in [0.4, 0.5) is 0 Å². The molecule has 2 aliphatic rings. The van der Waals surface area contributed by atoms with E-state index in [4.69, 9.17) is 0 Å². The Morgan fingerprint density at radius 1 is 0.800 bits per heavy atom. The molecule has 1 aliphatic heterocycles. The van der Waals surface area contributed by atoms with Crippen LogP contribution < -0.4 is 0 Å². The SMILES string of the molecule is O=C(O)[C@@H]1CCCN1C(=O)C1CCCCCCCCC1. The van der Waals surface area contributed by atoms with Crippen molar-refractivity contribution in [3.8, 4) is 0 Å². The third kappa shape index (κ3) is 3.97. The molecule has 114 valence electrons. The molecule has 1 amide bonds. The lowest BCUT2D eigenvalue weighted by Gasteiger charge is -2.27. The van der Waals surface area contributed by atoms with Crippen LogP contribution in [-0.4, -0.2) is 34.5 Å². The van der Waals surface area contributed by atoms with E-state index in [2.05, 4.69) is 0 Å². The summed E-state index contributed by atoms with van der Waals surface area (Å²) in [4.78, 5) is 25.5. The molecule has 0 unspecified atom stereocenters. The Bertz CT molecular complexity index is 333. The predicted octanol–water partition coefficient (Wildman–Crippen LogP) is 3.20. The van der Waals surface area contributed by atoms with Gasteiger partial charge >= 0.3 is 5.97 Å². The number of nitrogens with zero attached hydrogens (tertiary/aromatic N) is 1. The van der Waals surface area contributed by atoms with Gasteiger partial charge in [0.2, 0.25) is 5.91 Å². The molecule has 1 atom stereocenters. The molecule has 1 saturated heterocycles. The summed E-state index contributed by atoms with van der Waals surface area (Å²) in [6.07, 6.45) is 11.9. The highest BCUT2D eigenvalue weighted by molar-refractivity contribution is 5.85. The molecule has 0 aromatic heterocycles. The number of likely N-dealkylation sites (tertiary alicyclic amines) is 1. The van der Waals surface area contributed by atoms with Gasteiger partial charge in [-0.1, -0.05) is 44.9 Å². The number of hydrogen-bond acceptors (Lipinski definition) is 2. The Kier molecular flexibility index (Phi) is 5.86. The van der Waals surface area contributed by atoms with Crippen LogP contribution in [0.1, 0.15) is 70.6 Å². The summed E-state index contributed by atoms with van der Waals surface area (Å²) in [5.41, 5.74) is 0. The third-order valence-electron chi connectivity index (χ3n) is 4.78. The van der Waals surface area contributed by atoms with Gasteiger partial charge in [0, 0.05) is 12.5 Å². The highest BCUT2D eigenvalue weighted by Gasteiger charge is 2.36. The van der Waals surface area contributed by atoms with Crippen molar-refractivity contribution in [3.63, 3.8) is 0 Å². The van der Waals surface area contributed by atoms with Crippen molar-refractivity contribution in [2.75, 3.05) is 6.54 Å². The van der Waals surface area contributed by atoms with E-state index in [0.29, 0.717) is 13.0 Å². The fourth-order valence-electron chi connectivity index (χ4n) is 3.58. The molecule has 1 heterocycles. The Hall–Kier alpha value is -1.06. The van der Waals surface area contributed by atoms with Gasteiger partial charge in [-0.25, -0.2) is 4.79 Å². The average Bonchev–Trinajstić information content (AvgIpc) is 2.93.